The molecule has 0 aliphatic heterocycles. The van der Waals surface area contributed by atoms with E-state index in [-0.39, 0.29) is 0 Å². The van der Waals surface area contributed by atoms with Crippen molar-refractivity contribution in [3.05, 3.63) is 12.7 Å². The van der Waals surface area contributed by atoms with Gasteiger partial charge in [0, 0.05) is 0 Å². The molecule has 1 atom stereocenters. The highest BCUT2D eigenvalue weighted by Gasteiger charge is 2.18. The molecule has 52 valence electrons. The average molecular weight is 124 g/mol. The summed E-state index contributed by atoms with van der Waals surface area (Å²) in [6.07, 6.45) is 7.86. The van der Waals surface area contributed by atoms with E-state index in [1.807, 2.05) is 0 Å². The zero-order chi connectivity index (χ0) is 6.69. The van der Waals surface area contributed by atoms with E-state index < -0.39 is 0 Å². The van der Waals surface area contributed by atoms with Crippen LogP contribution < -0.4 is 0 Å². The van der Waals surface area contributed by atoms with Crippen LogP contribution in [-0.2, 0) is 0 Å². The molecule has 1 saturated carbocycles. The smallest absolute Gasteiger partial charge is 0.0236 e. The summed E-state index contributed by atoms with van der Waals surface area (Å²) in [4.78, 5) is 0. The maximum absolute atomic E-state index is 3.81. The zero-order valence-corrected chi connectivity index (χ0v) is 6.27. The summed E-state index contributed by atoms with van der Waals surface area (Å²) in [6.45, 7) is 6.09. The Kier molecular flexibility index (Phi) is 2.32. The van der Waals surface area contributed by atoms with Gasteiger partial charge < -0.3 is 0 Å². The van der Waals surface area contributed by atoms with Crippen LogP contribution in [0.25, 0.3) is 0 Å². The number of hydrogen-bond donors (Lipinski definition) is 0. The van der Waals surface area contributed by atoms with Gasteiger partial charge in [-0.2, -0.15) is 0 Å². The highest BCUT2D eigenvalue weighted by atomic mass is 14.2. The average Bonchev–Trinajstić information content (AvgIpc) is 2.37. The van der Waals surface area contributed by atoms with Crippen LogP contribution in [0.4, 0.5) is 0 Å². The molecule has 1 aliphatic carbocycles. The van der Waals surface area contributed by atoms with Crippen LogP contribution in [0.2, 0.25) is 0 Å². The highest BCUT2D eigenvalue weighted by Crippen LogP contribution is 2.31. The topological polar surface area (TPSA) is 0 Å². The fourth-order valence-corrected chi connectivity index (χ4v) is 1.68. The van der Waals surface area contributed by atoms with Crippen LogP contribution in [0.1, 0.15) is 32.6 Å². The molecular weight excluding hydrogens is 108 g/mol. The fraction of sp³-hybridized carbons (Fsp3) is 0.778. The predicted molar refractivity (Wildman–Crippen MR) is 41.3 cm³/mol. The van der Waals surface area contributed by atoms with Gasteiger partial charge >= 0.3 is 0 Å². The molecule has 0 N–H and O–H groups in total. The van der Waals surface area contributed by atoms with E-state index in [1.54, 1.807) is 0 Å². The molecule has 0 aromatic rings. The zero-order valence-electron chi connectivity index (χ0n) is 6.27. The van der Waals surface area contributed by atoms with E-state index in [9.17, 15) is 0 Å². The third-order valence-electron chi connectivity index (χ3n) is 2.52. The molecule has 0 amide bonds. The Hall–Kier alpha value is -0.260. The summed E-state index contributed by atoms with van der Waals surface area (Å²) in [7, 11) is 0. The lowest BCUT2D eigenvalue weighted by molar-refractivity contribution is 0.435. The van der Waals surface area contributed by atoms with E-state index >= 15 is 0 Å². The first kappa shape index (κ1) is 6.85. The summed E-state index contributed by atoms with van der Waals surface area (Å²) in [5, 5.41) is 0. The first-order valence-electron chi connectivity index (χ1n) is 3.97. The summed E-state index contributed by atoms with van der Waals surface area (Å²) >= 11 is 0. The van der Waals surface area contributed by atoms with Gasteiger partial charge in [-0.3, -0.25) is 0 Å². The molecule has 1 fully saturated rings. The Morgan fingerprint density at radius 1 is 1.44 bits per heavy atom. The third kappa shape index (κ3) is 1.57. The summed E-state index contributed by atoms with van der Waals surface area (Å²) in [5.74, 6) is 1.72. The standard InChI is InChI=1S/C9H16/c1-3-8(2)9-6-4-5-7-9/h3,8-9H,1,4-7H2,2H3. The molecule has 0 aromatic heterocycles. The molecule has 1 rings (SSSR count). The molecular formula is C9H16. The van der Waals surface area contributed by atoms with Gasteiger partial charge in [-0.05, 0) is 24.7 Å². The second-order valence-corrected chi connectivity index (χ2v) is 3.14. The third-order valence-corrected chi connectivity index (χ3v) is 2.52. The van der Waals surface area contributed by atoms with Crippen molar-refractivity contribution < 1.29 is 0 Å². The molecule has 0 heterocycles. The van der Waals surface area contributed by atoms with Crippen molar-refractivity contribution in [1.29, 1.82) is 0 Å². The normalized spacial score (nSPS) is 24.1. The van der Waals surface area contributed by atoms with Crippen molar-refractivity contribution >= 4 is 0 Å². The van der Waals surface area contributed by atoms with Crippen molar-refractivity contribution in [2.24, 2.45) is 11.8 Å². The van der Waals surface area contributed by atoms with Gasteiger partial charge in [0.25, 0.3) is 0 Å². The van der Waals surface area contributed by atoms with Crippen molar-refractivity contribution in [3.63, 3.8) is 0 Å². The van der Waals surface area contributed by atoms with Crippen molar-refractivity contribution in [2.45, 2.75) is 32.6 Å². The van der Waals surface area contributed by atoms with E-state index in [2.05, 4.69) is 19.6 Å². The molecule has 0 aromatic carbocycles. The van der Waals surface area contributed by atoms with E-state index in [4.69, 9.17) is 0 Å². The van der Waals surface area contributed by atoms with Crippen LogP contribution >= 0.6 is 0 Å². The maximum Gasteiger partial charge on any atom is -0.0236 e. The molecule has 1 aliphatic rings. The number of hydrogen-bond acceptors (Lipinski definition) is 0. The maximum atomic E-state index is 3.81. The summed E-state index contributed by atoms with van der Waals surface area (Å²) in [5.41, 5.74) is 0. The summed E-state index contributed by atoms with van der Waals surface area (Å²) in [6, 6.07) is 0. The Morgan fingerprint density at radius 2 is 2.00 bits per heavy atom. The predicted octanol–water partition coefficient (Wildman–Crippen LogP) is 3.00. The van der Waals surface area contributed by atoms with Crippen molar-refractivity contribution in [2.75, 3.05) is 0 Å². The number of rotatable bonds is 2. The molecule has 0 nitrogen and oxygen atoms in total. The second-order valence-electron chi connectivity index (χ2n) is 3.14. The molecule has 0 heteroatoms. The van der Waals surface area contributed by atoms with Gasteiger partial charge in [-0.25, -0.2) is 0 Å². The van der Waals surface area contributed by atoms with Gasteiger partial charge in [0.1, 0.15) is 0 Å². The van der Waals surface area contributed by atoms with Gasteiger partial charge in [-0.1, -0.05) is 25.8 Å². The van der Waals surface area contributed by atoms with Gasteiger partial charge in [-0.15, -0.1) is 6.58 Å². The molecule has 0 saturated heterocycles. The highest BCUT2D eigenvalue weighted by molar-refractivity contribution is 4.83. The van der Waals surface area contributed by atoms with Gasteiger partial charge in [0.05, 0.1) is 0 Å². The van der Waals surface area contributed by atoms with Crippen LogP contribution in [0.15, 0.2) is 12.7 Å². The monoisotopic (exact) mass is 124 g/mol. The van der Waals surface area contributed by atoms with Gasteiger partial charge in [0.2, 0.25) is 0 Å². The van der Waals surface area contributed by atoms with Crippen LogP contribution in [0.5, 0.6) is 0 Å². The largest absolute Gasteiger partial charge is 0.103 e. The Labute approximate surface area is 58.0 Å². The SMILES string of the molecule is C=CC(C)C1CCCC1. The Bertz CT molecular complexity index is 88.2. The Balaban J connectivity index is 2.32. The van der Waals surface area contributed by atoms with E-state index in [0.717, 1.165) is 11.8 Å². The van der Waals surface area contributed by atoms with E-state index in [0.29, 0.717) is 0 Å². The molecule has 9 heavy (non-hydrogen) atoms. The van der Waals surface area contributed by atoms with Gasteiger partial charge in [0.15, 0.2) is 0 Å². The van der Waals surface area contributed by atoms with Crippen molar-refractivity contribution in [3.8, 4) is 0 Å². The Morgan fingerprint density at radius 3 is 2.44 bits per heavy atom. The molecule has 1 unspecified atom stereocenters. The molecule has 0 spiro atoms. The minimum atomic E-state index is 0.757. The first-order chi connectivity index (χ1) is 4.34. The fourth-order valence-electron chi connectivity index (χ4n) is 1.68. The van der Waals surface area contributed by atoms with Crippen LogP contribution in [0.3, 0.4) is 0 Å². The quantitative estimate of drug-likeness (QED) is 0.496. The summed E-state index contributed by atoms with van der Waals surface area (Å²) < 4.78 is 0. The first-order valence-corrected chi connectivity index (χ1v) is 3.97. The van der Waals surface area contributed by atoms with Crippen LogP contribution in [0, 0.1) is 11.8 Å². The lowest BCUT2D eigenvalue weighted by Gasteiger charge is -2.12. The van der Waals surface area contributed by atoms with Crippen molar-refractivity contribution in [1.82, 2.24) is 0 Å². The lowest BCUT2D eigenvalue weighted by atomic mass is 9.93. The minimum absolute atomic E-state index is 0.757. The molecule has 0 bridgehead atoms. The van der Waals surface area contributed by atoms with Crippen LogP contribution in [-0.4, -0.2) is 0 Å². The lowest BCUT2D eigenvalue weighted by Crippen LogP contribution is -2.03. The van der Waals surface area contributed by atoms with E-state index in [1.165, 1.54) is 25.7 Å². The minimum Gasteiger partial charge on any atom is -0.103 e. The second kappa shape index (κ2) is 3.05. The molecule has 0 radical (unpaired) electrons. The number of allylic oxidation sites excluding steroid dienone is 1.